The predicted octanol–water partition coefficient (Wildman–Crippen LogP) is 2.92. The summed E-state index contributed by atoms with van der Waals surface area (Å²) in [5.41, 5.74) is 0.379. The highest BCUT2D eigenvalue weighted by molar-refractivity contribution is 7.92. The Morgan fingerprint density at radius 2 is 1.96 bits per heavy atom. The van der Waals surface area contributed by atoms with E-state index < -0.39 is 14.9 Å². The molecule has 2 aromatic rings. The SMILES string of the molecule is COc1ccc(NS(=O)(=O)c2cccc([N+](=O)[O-])c2)cc1N1CCCCC1=O. The number of nitro groups is 1. The van der Waals surface area contributed by atoms with E-state index in [0.717, 1.165) is 18.9 Å². The Morgan fingerprint density at radius 1 is 1.18 bits per heavy atom. The molecule has 2 aromatic carbocycles. The molecule has 1 aliphatic rings. The van der Waals surface area contributed by atoms with Gasteiger partial charge in [0.2, 0.25) is 5.91 Å². The van der Waals surface area contributed by atoms with E-state index >= 15 is 0 Å². The lowest BCUT2D eigenvalue weighted by atomic mass is 10.1. The molecule has 0 atom stereocenters. The highest BCUT2D eigenvalue weighted by Gasteiger charge is 2.24. The van der Waals surface area contributed by atoms with Gasteiger partial charge in [-0.2, -0.15) is 0 Å². The number of carbonyl (C=O) groups excluding carboxylic acids is 1. The van der Waals surface area contributed by atoms with Gasteiger partial charge in [0.25, 0.3) is 15.7 Å². The minimum Gasteiger partial charge on any atom is -0.495 e. The highest BCUT2D eigenvalue weighted by Crippen LogP contribution is 2.34. The first kappa shape index (κ1) is 19.6. The van der Waals surface area contributed by atoms with Crippen LogP contribution in [0.25, 0.3) is 0 Å². The van der Waals surface area contributed by atoms with Crippen molar-refractivity contribution in [1.29, 1.82) is 0 Å². The number of nitro benzene ring substituents is 1. The van der Waals surface area contributed by atoms with Crippen molar-refractivity contribution in [2.45, 2.75) is 24.2 Å². The molecule has 1 amide bonds. The van der Waals surface area contributed by atoms with Gasteiger partial charge in [-0.1, -0.05) is 6.07 Å². The second-order valence-electron chi connectivity index (χ2n) is 6.25. The maximum Gasteiger partial charge on any atom is 0.270 e. The third kappa shape index (κ3) is 4.06. The minimum absolute atomic E-state index is 0.0526. The van der Waals surface area contributed by atoms with Gasteiger partial charge in [-0.15, -0.1) is 0 Å². The number of methoxy groups -OCH3 is 1. The van der Waals surface area contributed by atoms with Crippen molar-refractivity contribution >= 4 is 33.0 Å². The summed E-state index contributed by atoms with van der Waals surface area (Å²) in [7, 11) is -2.58. The monoisotopic (exact) mass is 405 g/mol. The van der Waals surface area contributed by atoms with Crippen LogP contribution >= 0.6 is 0 Å². The van der Waals surface area contributed by atoms with Crippen LogP contribution in [0.15, 0.2) is 47.4 Å². The van der Waals surface area contributed by atoms with E-state index in [2.05, 4.69) is 4.72 Å². The van der Waals surface area contributed by atoms with Gasteiger partial charge in [0.15, 0.2) is 0 Å². The smallest absolute Gasteiger partial charge is 0.270 e. The summed E-state index contributed by atoms with van der Waals surface area (Å²) >= 11 is 0. The van der Waals surface area contributed by atoms with Crippen molar-refractivity contribution < 1.29 is 22.9 Å². The maximum atomic E-state index is 12.6. The lowest BCUT2D eigenvalue weighted by Crippen LogP contribution is -2.35. The van der Waals surface area contributed by atoms with Crippen molar-refractivity contribution in [2.24, 2.45) is 0 Å². The van der Waals surface area contributed by atoms with Gasteiger partial charge in [0.1, 0.15) is 5.75 Å². The number of hydrogen-bond acceptors (Lipinski definition) is 6. The number of amides is 1. The fourth-order valence-corrected chi connectivity index (χ4v) is 4.09. The number of non-ortho nitro benzene ring substituents is 1. The largest absolute Gasteiger partial charge is 0.495 e. The van der Waals surface area contributed by atoms with Gasteiger partial charge in [-0.3, -0.25) is 19.6 Å². The van der Waals surface area contributed by atoms with E-state index in [-0.39, 0.29) is 22.2 Å². The first-order chi connectivity index (χ1) is 13.3. The lowest BCUT2D eigenvalue weighted by molar-refractivity contribution is -0.385. The summed E-state index contributed by atoms with van der Waals surface area (Å²) in [5, 5.41) is 10.9. The molecule has 1 heterocycles. The fourth-order valence-electron chi connectivity index (χ4n) is 3.00. The summed E-state index contributed by atoms with van der Waals surface area (Å²) in [6.07, 6.45) is 2.09. The molecule has 1 aliphatic heterocycles. The number of sulfonamides is 1. The number of nitrogens with zero attached hydrogens (tertiary/aromatic N) is 2. The average molecular weight is 405 g/mol. The van der Waals surface area contributed by atoms with Gasteiger partial charge in [-0.25, -0.2) is 8.42 Å². The molecule has 0 aromatic heterocycles. The number of nitrogens with one attached hydrogen (secondary N) is 1. The Labute approximate surface area is 162 Å². The number of piperidine rings is 1. The van der Waals surface area contributed by atoms with Crippen LogP contribution in [-0.4, -0.2) is 32.9 Å². The Morgan fingerprint density at radius 3 is 2.64 bits per heavy atom. The highest BCUT2D eigenvalue weighted by atomic mass is 32.2. The van der Waals surface area contributed by atoms with E-state index in [9.17, 15) is 23.3 Å². The van der Waals surface area contributed by atoms with Gasteiger partial charge >= 0.3 is 0 Å². The zero-order valence-electron chi connectivity index (χ0n) is 15.1. The lowest BCUT2D eigenvalue weighted by Gasteiger charge is -2.28. The molecule has 1 N–H and O–H groups in total. The molecule has 1 saturated heterocycles. The van der Waals surface area contributed by atoms with E-state index in [4.69, 9.17) is 4.74 Å². The summed E-state index contributed by atoms with van der Waals surface area (Å²) in [4.78, 5) is 23.8. The van der Waals surface area contributed by atoms with E-state index in [0.29, 0.717) is 24.4 Å². The molecule has 0 radical (unpaired) electrons. The van der Waals surface area contributed by atoms with Gasteiger partial charge in [0, 0.05) is 25.1 Å². The number of anilines is 2. The number of carbonyl (C=O) groups is 1. The predicted molar refractivity (Wildman–Crippen MR) is 103 cm³/mol. The molecule has 3 rings (SSSR count). The molecule has 0 spiro atoms. The normalized spacial score (nSPS) is 14.6. The van der Waals surface area contributed by atoms with Crippen LogP contribution in [0.4, 0.5) is 17.1 Å². The molecule has 0 aliphatic carbocycles. The van der Waals surface area contributed by atoms with E-state index in [1.807, 2.05) is 0 Å². The van der Waals surface area contributed by atoms with Crippen molar-refractivity contribution in [3.63, 3.8) is 0 Å². The minimum atomic E-state index is -4.05. The van der Waals surface area contributed by atoms with Gasteiger partial charge in [-0.05, 0) is 37.1 Å². The van der Waals surface area contributed by atoms with Gasteiger partial charge in [0.05, 0.1) is 28.3 Å². The Balaban J connectivity index is 1.94. The van der Waals surface area contributed by atoms with Gasteiger partial charge < -0.3 is 9.64 Å². The molecule has 148 valence electrons. The third-order valence-electron chi connectivity index (χ3n) is 4.38. The molecular weight excluding hydrogens is 386 g/mol. The summed E-state index contributed by atoms with van der Waals surface area (Å²) in [6.45, 7) is 0.524. The summed E-state index contributed by atoms with van der Waals surface area (Å²) in [6, 6.07) is 9.38. The van der Waals surface area contributed by atoms with E-state index in [1.54, 1.807) is 11.0 Å². The quantitative estimate of drug-likeness (QED) is 0.583. The first-order valence-corrected chi connectivity index (χ1v) is 10.1. The topological polar surface area (TPSA) is 119 Å². The van der Waals surface area contributed by atoms with Crippen LogP contribution in [0.5, 0.6) is 5.75 Å². The van der Waals surface area contributed by atoms with Crippen LogP contribution in [0, 0.1) is 10.1 Å². The van der Waals surface area contributed by atoms with Crippen molar-refractivity contribution in [3.8, 4) is 5.75 Å². The molecule has 9 nitrogen and oxygen atoms in total. The van der Waals surface area contributed by atoms with E-state index in [1.165, 1.54) is 37.4 Å². The Hall–Kier alpha value is -3.14. The summed E-state index contributed by atoms with van der Waals surface area (Å²) < 4.78 is 33.0. The number of hydrogen-bond donors (Lipinski definition) is 1. The standard InChI is InChI=1S/C18H19N3O6S/c1-27-17-9-8-13(11-16(17)20-10-3-2-7-18(20)22)19-28(25,26)15-6-4-5-14(12-15)21(23)24/h4-6,8-9,11-12,19H,2-3,7,10H2,1H3. The van der Waals surface area contributed by atoms with Crippen LogP contribution in [0.2, 0.25) is 0 Å². The van der Waals surface area contributed by atoms with Crippen molar-refractivity contribution in [3.05, 3.63) is 52.6 Å². The summed E-state index contributed by atoms with van der Waals surface area (Å²) in [5.74, 6) is 0.400. The second kappa shape index (κ2) is 7.85. The van der Waals surface area contributed by atoms with Crippen molar-refractivity contribution in [2.75, 3.05) is 23.3 Å². The third-order valence-corrected chi connectivity index (χ3v) is 5.76. The number of rotatable bonds is 6. The number of benzene rings is 2. The molecule has 0 unspecified atom stereocenters. The van der Waals surface area contributed by atoms with Crippen LogP contribution in [0.1, 0.15) is 19.3 Å². The maximum absolute atomic E-state index is 12.6. The van der Waals surface area contributed by atoms with Crippen LogP contribution in [-0.2, 0) is 14.8 Å². The Bertz CT molecular complexity index is 1020. The van der Waals surface area contributed by atoms with Crippen molar-refractivity contribution in [1.82, 2.24) is 0 Å². The molecule has 1 fully saturated rings. The molecule has 0 bridgehead atoms. The zero-order chi connectivity index (χ0) is 20.3. The molecule has 0 saturated carbocycles. The van der Waals surface area contributed by atoms with Crippen LogP contribution < -0.4 is 14.4 Å². The number of ether oxygens (including phenoxy) is 1. The Kier molecular flexibility index (Phi) is 5.50. The second-order valence-corrected chi connectivity index (χ2v) is 7.93. The first-order valence-electron chi connectivity index (χ1n) is 8.57. The average Bonchev–Trinajstić information content (AvgIpc) is 2.68. The van der Waals surface area contributed by atoms with Crippen LogP contribution in [0.3, 0.4) is 0 Å². The molecule has 10 heteroatoms. The zero-order valence-corrected chi connectivity index (χ0v) is 15.9. The molecule has 28 heavy (non-hydrogen) atoms. The fraction of sp³-hybridized carbons (Fsp3) is 0.278. The molecular formula is C18H19N3O6S.